The van der Waals surface area contributed by atoms with Gasteiger partial charge in [-0.25, -0.2) is 0 Å². The number of Topliss-reactive ketones (excluding diaryl/α,β-unsaturated/α-hetero) is 2. The Hall–Kier alpha value is -1.68. The molecule has 0 saturated carbocycles. The topological polar surface area (TPSA) is 63.6 Å². The molecule has 4 heteroatoms. The van der Waals surface area contributed by atoms with Crippen LogP contribution in [-0.4, -0.2) is 23.8 Å². The SMILES string of the molecule is COc1cc(CC(C(C)=O)C(C)=O)ccc1CO. The molecule has 1 rings (SSSR count). The summed E-state index contributed by atoms with van der Waals surface area (Å²) in [6.45, 7) is 2.74. The van der Waals surface area contributed by atoms with Crippen LogP contribution in [0.4, 0.5) is 0 Å². The molecular weight excluding hydrogens is 232 g/mol. The van der Waals surface area contributed by atoms with Crippen molar-refractivity contribution in [1.29, 1.82) is 0 Å². The third-order valence-corrected chi connectivity index (χ3v) is 2.94. The highest BCUT2D eigenvalue weighted by molar-refractivity contribution is 6.00. The van der Waals surface area contributed by atoms with Crippen molar-refractivity contribution >= 4 is 11.6 Å². The van der Waals surface area contributed by atoms with Crippen molar-refractivity contribution < 1.29 is 19.4 Å². The van der Waals surface area contributed by atoms with Crippen LogP contribution >= 0.6 is 0 Å². The van der Waals surface area contributed by atoms with E-state index in [9.17, 15) is 9.59 Å². The van der Waals surface area contributed by atoms with Crippen LogP contribution in [0, 0.1) is 5.92 Å². The third kappa shape index (κ3) is 3.40. The second-order valence-corrected chi connectivity index (χ2v) is 4.28. The van der Waals surface area contributed by atoms with E-state index < -0.39 is 5.92 Å². The Morgan fingerprint density at radius 3 is 2.33 bits per heavy atom. The van der Waals surface area contributed by atoms with Gasteiger partial charge in [0, 0.05) is 5.56 Å². The zero-order chi connectivity index (χ0) is 13.7. The molecule has 1 aromatic carbocycles. The molecule has 0 atom stereocenters. The van der Waals surface area contributed by atoms with Gasteiger partial charge >= 0.3 is 0 Å². The number of rotatable bonds is 6. The standard InChI is InChI=1S/C14H18O4/c1-9(16)13(10(2)17)6-11-4-5-12(8-15)14(7-11)18-3/h4-5,7,13,15H,6,8H2,1-3H3. The Morgan fingerprint density at radius 1 is 1.28 bits per heavy atom. The van der Waals surface area contributed by atoms with Crippen LogP contribution in [0.5, 0.6) is 5.75 Å². The van der Waals surface area contributed by atoms with E-state index in [4.69, 9.17) is 9.84 Å². The molecule has 0 aliphatic rings. The van der Waals surface area contributed by atoms with Gasteiger partial charge in [0.2, 0.25) is 0 Å². The molecule has 0 fully saturated rings. The Morgan fingerprint density at radius 2 is 1.89 bits per heavy atom. The van der Waals surface area contributed by atoms with Crippen molar-refractivity contribution in [2.45, 2.75) is 26.9 Å². The number of hydrogen-bond acceptors (Lipinski definition) is 4. The van der Waals surface area contributed by atoms with Crippen LogP contribution in [0.1, 0.15) is 25.0 Å². The van der Waals surface area contributed by atoms with Gasteiger partial charge in [0.25, 0.3) is 0 Å². The molecule has 98 valence electrons. The van der Waals surface area contributed by atoms with Gasteiger partial charge < -0.3 is 9.84 Å². The summed E-state index contributed by atoms with van der Waals surface area (Å²) < 4.78 is 5.15. The van der Waals surface area contributed by atoms with Crippen LogP contribution in [0.2, 0.25) is 0 Å². The quantitative estimate of drug-likeness (QED) is 0.778. The summed E-state index contributed by atoms with van der Waals surface area (Å²) in [5.41, 5.74) is 1.53. The van der Waals surface area contributed by atoms with Crippen LogP contribution in [0.15, 0.2) is 18.2 Å². The van der Waals surface area contributed by atoms with Crippen LogP contribution in [-0.2, 0) is 22.6 Å². The molecule has 0 amide bonds. The fourth-order valence-electron chi connectivity index (χ4n) is 1.86. The average Bonchev–Trinajstić information content (AvgIpc) is 2.34. The minimum Gasteiger partial charge on any atom is -0.496 e. The molecule has 0 saturated heterocycles. The first-order valence-corrected chi connectivity index (χ1v) is 5.77. The van der Waals surface area contributed by atoms with Gasteiger partial charge in [0.1, 0.15) is 17.3 Å². The largest absolute Gasteiger partial charge is 0.496 e. The van der Waals surface area contributed by atoms with Crippen LogP contribution in [0.25, 0.3) is 0 Å². The summed E-state index contributed by atoms with van der Waals surface area (Å²) in [6, 6.07) is 5.29. The normalized spacial score (nSPS) is 10.5. The molecule has 0 bridgehead atoms. The van der Waals surface area contributed by atoms with Gasteiger partial charge in [-0.05, 0) is 31.9 Å². The number of benzene rings is 1. The molecular formula is C14H18O4. The van der Waals surface area contributed by atoms with Crippen molar-refractivity contribution in [3.05, 3.63) is 29.3 Å². The Bertz CT molecular complexity index is 437. The van der Waals surface area contributed by atoms with Crippen LogP contribution in [0.3, 0.4) is 0 Å². The summed E-state index contributed by atoms with van der Waals surface area (Å²) in [5.74, 6) is -0.295. The average molecular weight is 250 g/mol. The number of carbonyl (C=O) groups is 2. The maximum atomic E-state index is 11.4. The van der Waals surface area contributed by atoms with Gasteiger partial charge in [-0.1, -0.05) is 12.1 Å². The zero-order valence-corrected chi connectivity index (χ0v) is 10.9. The lowest BCUT2D eigenvalue weighted by molar-refractivity contribution is -0.130. The lowest BCUT2D eigenvalue weighted by Crippen LogP contribution is -2.21. The second-order valence-electron chi connectivity index (χ2n) is 4.28. The molecule has 18 heavy (non-hydrogen) atoms. The van der Waals surface area contributed by atoms with Crippen LogP contribution < -0.4 is 4.74 Å². The number of methoxy groups -OCH3 is 1. The number of ether oxygens (including phenoxy) is 1. The zero-order valence-electron chi connectivity index (χ0n) is 10.9. The first-order valence-electron chi connectivity index (χ1n) is 5.77. The van der Waals surface area contributed by atoms with Crippen molar-refractivity contribution in [3.8, 4) is 5.75 Å². The van der Waals surface area contributed by atoms with Crippen molar-refractivity contribution in [2.75, 3.05) is 7.11 Å². The maximum Gasteiger partial charge on any atom is 0.140 e. The maximum absolute atomic E-state index is 11.4. The highest BCUT2D eigenvalue weighted by Crippen LogP contribution is 2.22. The summed E-state index contributed by atoms with van der Waals surface area (Å²) in [4.78, 5) is 22.8. The minimum absolute atomic E-state index is 0.105. The molecule has 0 unspecified atom stereocenters. The Labute approximate surface area is 107 Å². The monoisotopic (exact) mass is 250 g/mol. The second kappa shape index (κ2) is 6.31. The highest BCUT2D eigenvalue weighted by Gasteiger charge is 2.20. The molecule has 4 nitrogen and oxygen atoms in total. The predicted molar refractivity (Wildman–Crippen MR) is 67.5 cm³/mol. The third-order valence-electron chi connectivity index (χ3n) is 2.94. The van der Waals surface area contributed by atoms with Crippen molar-refractivity contribution in [1.82, 2.24) is 0 Å². The van der Waals surface area contributed by atoms with E-state index in [-0.39, 0.29) is 18.2 Å². The minimum atomic E-state index is -0.602. The van der Waals surface area contributed by atoms with E-state index in [1.165, 1.54) is 21.0 Å². The number of aliphatic hydroxyl groups excluding tert-OH is 1. The Kier molecular flexibility index (Phi) is 5.04. The molecule has 1 N–H and O–H groups in total. The predicted octanol–water partition coefficient (Wildman–Crippen LogP) is 1.52. The van der Waals surface area contributed by atoms with Gasteiger partial charge in [-0.2, -0.15) is 0 Å². The molecule has 0 radical (unpaired) electrons. The number of aliphatic hydroxyl groups is 1. The molecule has 1 aromatic rings. The molecule has 0 spiro atoms. The van der Waals surface area contributed by atoms with E-state index in [1.807, 2.05) is 0 Å². The smallest absolute Gasteiger partial charge is 0.140 e. The Balaban J connectivity index is 2.97. The molecule has 0 aromatic heterocycles. The summed E-state index contributed by atoms with van der Waals surface area (Å²) >= 11 is 0. The number of hydrogen-bond donors (Lipinski definition) is 1. The fourth-order valence-corrected chi connectivity index (χ4v) is 1.86. The highest BCUT2D eigenvalue weighted by atomic mass is 16.5. The first-order chi connectivity index (χ1) is 8.49. The van der Waals surface area contributed by atoms with E-state index in [0.717, 1.165) is 5.56 Å². The van der Waals surface area contributed by atoms with Gasteiger partial charge in [0.05, 0.1) is 19.6 Å². The summed E-state index contributed by atoms with van der Waals surface area (Å²) in [6.07, 6.45) is 0.368. The van der Waals surface area contributed by atoms with E-state index in [2.05, 4.69) is 0 Å². The van der Waals surface area contributed by atoms with Gasteiger partial charge in [-0.3, -0.25) is 9.59 Å². The van der Waals surface area contributed by atoms with E-state index in [1.54, 1.807) is 18.2 Å². The summed E-state index contributed by atoms with van der Waals surface area (Å²) in [5, 5.41) is 9.11. The first kappa shape index (κ1) is 14.4. The lowest BCUT2D eigenvalue weighted by Gasteiger charge is -2.12. The molecule has 0 aliphatic heterocycles. The summed E-state index contributed by atoms with van der Waals surface area (Å²) in [7, 11) is 1.52. The fraction of sp³-hybridized carbons (Fsp3) is 0.429. The number of ketones is 2. The molecule has 0 heterocycles. The van der Waals surface area contributed by atoms with Crippen molar-refractivity contribution in [3.63, 3.8) is 0 Å². The van der Waals surface area contributed by atoms with Gasteiger partial charge in [0.15, 0.2) is 0 Å². The number of carbonyl (C=O) groups excluding carboxylic acids is 2. The van der Waals surface area contributed by atoms with Gasteiger partial charge in [-0.15, -0.1) is 0 Å². The molecule has 0 aliphatic carbocycles. The lowest BCUT2D eigenvalue weighted by atomic mass is 9.92. The van der Waals surface area contributed by atoms with E-state index >= 15 is 0 Å². The van der Waals surface area contributed by atoms with Crippen molar-refractivity contribution in [2.24, 2.45) is 5.92 Å². The van der Waals surface area contributed by atoms with E-state index in [0.29, 0.717) is 17.7 Å².